The zero-order chi connectivity index (χ0) is 13.0. The first-order valence-electron chi connectivity index (χ1n) is 5.96. The first-order valence-corrected chi connectivity index (χ1v) is 6.34. The standard InChI is InChI=1S/C12H9ClN2O.C2H6/c13-8-5-10-11(14-6-8)7-16-12-4-2-1-3-9(12)15-10;1-2/h1-6,15H,7H2;1-2H3. The van der Waals surface area contributed by atoms with Crippen molar-refractivity contribution >= 4 is 23.0 Å². The normalized spacial score (nSPS) is 11.7. The van der Waals surface area contributed by atoms with E-state index >= 15 is 0 Å². The van der Waals surface area contributed by atoms with Gasteiger partial charge in [-0.1, -0.05) is 37.6 Å². The molecule has 2 heterocycles. The van der Waals surface area contributed by atoms with Gasteiger partial charge < -0.3 is 10.1 Å². The van der Waals surface area contributed by atoms with Crippen molar-refractivity contribution in [2.24, 2.45) is 0 Å². The van der Waals surface area contributed by atoms with Gasteiger partial charge in [-0.25, -0.2) is 0 Å². The summed E-state index contributed by atoms with van der Waals surface area (Å²) in [6, 6.07) is 9.64. The van der Waals surface area contributed by atoms with Crippen LogP contribution in [0, 0.1) is 0 Å². The molecule has 4 heteroatoms. The molecule has 0 amide bonds. The first kappa shape index (κ1) is 12.7. The van der Waals surface area contributed by atoms with Gasteiger partial charge in [-0.15, -0.1) is 0 Å². The molecule has 1 aromatic carbocycles. The maximum atomic E-state index is 5.91. The van der Waals surface area contributed by atoms with Crippen LogP contribution in [-0.4, -0.2) is 4.98 Å². The number of hydrogen-bond donors (Lipinski definition) is 1. The maximum Gasteiger partial charge on any atom is 0.143 e. The molecule has 3 rings (SSSR count). The minimum absolute atomic E-state index is 0.455. The minimum Gasteiger partial charge on any atom is -0.485 e. The molecule has 3 nitrogen and oxygen atoms in total. The number of para-hydroxylation sites is 2. The lowest BCUT2D eigenvalue weighted by atomic mass is 10.2. The maximum absolute atomic E-state index is 5.91. The average Bonchev–Trinajstić information content (AvgIpc) is 2.59. The summed E-state index contributed by atoms with van der Waals surface area (Å²) in [4.78, 5) is 4.24. The molecule has 1 aliphatic rings. The van der Waals surface area contributed by atoms with Crippen LogP contribution in [0.25, 0.3) is 0 Å². The van der Waals surface area contributed by atoms with Crippen LogP contribution < -0.4 is 10.1 Å². The third-order valence-corrected chi connectivity index (χ3v) is 2.66. The van der Waals surface area contributed by atoms with Gasteiger partial charge in [-0.3, -0.25) is 4.98 Å². The van der Waals surface area contributed by atoms with Crippen LogP contribution in [0.4, 0.5) is 11.4 Å². The van der Waals surface area contributed by atoms with Crippen molar-refractivity contribution in [3.63, 3.8) is 0 Å². The fourth-order valence-electron chi connectivity index (χ4n) is 1.68. The molecule has 0 saturated carbocycles. The molecule has 94 valence electrons. The third kappa shape index (κ3) is 2.57. The van der Waals surface area contributed by atoms with Gasteiger partial charge in [-0.2, -0.15) is 0 Å². The quantitative estimate of drug-likeness (QED) is 0.764. The van der Waals surface area contributed by atoms with Gasteiger partial charge in [0.1, 0.15) is 18.1 Å². The molecule has 0 unspecified atom stereocenters. The summed E-state index contributed by atoms with van der Waals surface area (Å²) in [5, 5.41) is 3.89. The van der Waals surface area contributed by atoms with Gasteiger partial charge in [0.05, 0.1) is 16.4 Å². The number of rotatable bonds is 0. The van der Waals surface area contributed by atoms with Crippen molar-refractivity contribution in [1.82, 2.24) is 4.98 Å². The van der Waals surface area contributed by atoms with Crippen LogP contribution in [0.2, 0.25) is 5.02 Å². The number of benzene rings is 1. The van der Waals surface area contributed by atoms with Crippen LogP contribution in [0.15, 0.2) is 36.5 Å². The van der Waals surface area contributed by atoms with E-state index in [2.05, 4.69) is 10.3 Å². The Morgan fingerprint density at radius 2 is 2.00 bits per heavy atom. The van der Waals surface area contributed by atoms with Gasteiger partial charge in [0.2, 0.25) is 0 Å². The molecule has 0 saturated heterocycles. The van der Waals surface area contributed by atoms with Gasteiger partial charge in [0.25, 0.3) is 0 Å². The van der Waals surface area contributed by atoms with E-state index in [4.69, 9.17) is 16.3 Å². The molecule has 2 aromatic rings. The summed E-state index contributed by atoms with van der Waals surface area (Å²) >= 11 is 5.91. The fraction of sp³-hybridized carbons (Fsp3) is 0.214. The van der Waals surface area contributed by atoms with Crippen molar-refractivity contribution in [1.29, 1.82) is 0 Å². The first-order chi connectivity index (χ1) is 8.83. The second-order valence-corrected chi connectivity index (χ2v) is 3.99. The number of aromatic nitrogens is 1. The predicted octanol–water partition coefficient (Wildman–Crippen LogP) is 4.40. The van der Waals surface area contributed by atoms with Crippen molar-refractivity contribution in [3.05, 3.63) is 47.2 Å². The summed E-state index contributed by atoms with van der Waals surface area (Å²) < 4.78 is 5.65. The highest BCUT2D eigenvalue weighted by Crippen LogP contribution is 2.33. The Morgan fingerprint density at radius 1 is 1.22 bits per heavy atom. The summed E-state index contributed by atoms with van der Waals surface area (Å²) in [5.74, 6) is 0.830. The molecule has 1 aromatic heterocycles. The molecule has 0 fully saturated rings. The van der Waals surface area contributed by atoms with Crippen molar-refractivity contribution in [2.45, 2.75) is 20.5 Å². The number of halogens is 1. The Kier molecular flexibility index (Phi) is 4.05. The number of fused-ring (bicyclic) bond motifs is 2. The van der Waals surface area contributed by atoms with E-state index in [-0.39, 0.29) is 0 Å². The molecule has 0 spiro atoms. The van der Waals surface area contributed by atoms with E-state index in [1.54, 1.807) is 6.20 Å². The lowest BCUT2D eigenvalue weighted by molar-refractivity contribution is 0.306. The Labute approximate surface area is 112 Å². The topological polar surface area (TPSA) is 34.2 Å². The Morgan fingerprint density at radius 3 is 2.83 bits per heavy atom. The molecule has 18 heavy (non-hydrogen) atoms. The zero-order valence-electron chi connectivity index (χ0n) is 10.4. The van der Waals surface area contributed by atoms with Gasteiger partial charge in [0, 0.05) is 6.20 Å². The van der Waals surface area contributed by atoms with Crippen LogP contribution >= 0.6 is 11.6 Å². The third-order valence-electron chi connectivity index (χ3n) is 2.46. The number of hydrogen-bond acceptors (Lipinski definition) is 3. The smallest absolute Gasteiger partial charge is 0.143 e. The zero-order valence-corrected chi connectivity index (χ0v) is 11.2. The average molecular weight is 263 g/mol. The second kappa shape index (κ2) is 5.74. The van der Waals surface area contributed by atoms with Crippen LogP contribution in [0.3, 0.4) is 0 Å². The lowest BCUT2D eigenvalue weighted by Crippen LogP contribution is -1.97. The van der Waals surface area contributed by atoms with Crippen LogP contribution in [-0.2, 0) is 6.61 Å². The molecule has 1 N–H and O–H groups in total. The Hall–Kier alpha value is -1.74. The monoisotopic (exact) mass is 262 g/mol. The van der Waals surface area contributed by atoms with Crippen molar-refractivity contribution in [3.8, 4) is 5.75 Å². The van der Waals surface area contributed by atoms with E-state index in [1.165, 1.54) is 0 Å². The molecule has 0 bridgehead atoms. The van der Waals surface area contributed by atoms with Crippen LogP contribution in [0.1, 0.15) is 19.5 Å². The number of nitrogens with zero attached hydrogens (tertiary/aromatic N) is 1. The van der Waals surface area contributed by atoms with E-state index in [1.807, 2.05) is 44.2 Å². The lowest BCUT2D eigenvalue weighted by Gasteiger charge is -2.06. The minimum atomic E-state index is 0.455. The second-order valence-electron chi connectivity index (χ2n) is 3.56. The molecule has 0 radical (unpaired) electrons. The van der Waals surface area contributed by atoms with Gasteiger partial charge in [-0.05, 0) is 18.2 Å². The number of pyridine rings is 1. The highest BCUT2D eigenvalue weighted by Gasteiger charge is 2.13. The van der Waals surface area contributed by atoms with Gasteiger partial charge in [0.15, 0.2) is 0 Å². The SMILES string of the molecule is CC.Clc1cnc2c(c1)Nc1ccccc1OC2. The number of anilines is 2. The summed E-state index contributed by atoms with van der Waals surface area (Å²) in [5.41, 5.74) is 2.70. The predicted molar refractivity (Wildman–Crippen MR) is 74.7 cm³/mol. The van der Waals surface area contributed by atoms with E-state index < -0.39 is 0 Å². The van der Waals surface area contributed by atoms with E-state index in [9.17, 15) is 0 Å². The van der Waals surface area contributed by atoms with Crippen molar-refractivity contribution < 1.29 is 4.74 Å². The molecule has 0 aliphatic carbocycles. The molecule has 1 aliphatic heterocycles. The van der Waals surface area contributed by atoms with Crippen molar-refractivity contribution in [2.75, 3.05) is 5.32 Å². The number of nitrogens with one attached hydrogen (secondary N) is 1. The van der Waals surface area contributed by atoms with Gasteiger partial charge >= 0.3 is 0 Å². The number of ether oxygens (including phenoxy) is 1. The Bertz CT molecular complexity index is 543. The summed E-state index contributed by atoms with van der Waals surface area (Å²) in [6.45, 7) is 4.45. The largest absolute Gasteiger partial charge is 0.485 e. The Balaban J connectivity index is 0.000000574. The molecular weight excluding hydrogens is 248 g/mol. The highest BCUT2D eigenvalue weighted by molar-refractivity contribution is 6.30. The summed E-state index contributed by atoms with van der Waals surface area (Å²) in [6.07, 6.45) is 1.63. The van der Waals surface area contributed by atoms with E-state index in [0.717, 1.165) is 22.8 Å². The molecular formula is C14H15ClN2O. The summed E-state index contributed by atoms with van der Waals surface area (Å²) in [7, 11) is 0. The van der Waals surface area contributed by atoms with E-state index in [0.29, 0.717) is 11.6 Å². The highest BCUT2D eigenvalue weighted by atomic mass is 35.5. The molecule has 0 atom stereocenters. The van der Waals surface area contributed by atoms with Crippen LogP contribution in [0.5, 0.6) is 5.75 Å². The fourth-order valence-corrected chi connectivity index (χ4v) is 1.84.